The quantitative estimate of drug-likeness (QED) is 0.666. The molecule has 0 bridgehead atoms. The molecule has 1 N–H and O–H groups in total. The summed E-state index contributed by atoms with van der Waals surface area (Å²) in [5.74, 6) is 1.48. The molecule has 0 rings (SSSR count). The van der Waals surface area contributed by atoms with E-state index in [0.29, 0.717) is 12.3 Å². The van der Waals surface area contributed by atoms with Crippen LogP contribution in [0.4, 0.5) is 0 Å². The zero-order valence-corrected chi connectivity index (χ0v) is 9.19. The molecule has 0 aliphatic heterocycles. The number of carbonyl (C=O) groups is 2. The van der Waals surface area contributed by atoms with E-state index in [2.05, 4.69) is 5.92 Å². The van der Waals surface area contributed by atoms with Crippen molar-refractivity contribution in [3.05, 3.63) is 0 Å². The first-order valence-electron chi connectivity index (χ1n) is 4.90. The monoisotopic (exact) mass is 211 g/mol. The van der Waals surface area contributed by atoms with Gasteiger partial charge in [0.1, 0.15) is 6.54 Å². The summed E-state index contributed by atoms with van der Waals surface area (Å²) in [6.45, 7) is 3.76. The maximum Gasteiger partial charge on any atom is 0.323 e. The Labute approximate surface area is 90.3 Å². The van der Waals surface area contributed by atoms with Crippen LogP contribution in [-0.2, 0) is 9.59 Å². The Morgan fingerprint density at radius 2 is 2.07 bits per heavy atom. The lowest BCUT2D eigenvalue weighted by Gasteiger charge is -2.18. The highest BCUT2D eigenvalue weighted by atomic mass is 16.4. The molecule has 0 aromatic heterocycles. The van der Waals surface area contributed by atoms with Crippen LogP contribution in [0.15, 0.2) is 0 Å². The number of nitrogens with zero attached hydrogens (tertiary/aromatic N) is 1. The molecule has 0 heterocycles. The minimum atomic E-state index is -1.04. The normalized spacial score (nSPS) is 9.73. The number of terminal acetylenes is 1. The van der Waals surface area contributed by atoms with E-state index in [4.69, 9.17) is 11.5 Å². The van der Waals surface area contributed by atoms with Gasteiger partial charge in [0.05, 0.1) is 6.54 Å². The standard InChI is InChI=1S/C11H17NO3/c1-4-7-12(8-11(14)15)10(13)6-5-9(2)3/h1,9H,5-8H2,2-3H3,(H,14,15). The Morgan fingerprint density at radius 3 is 2.47 bits per heavy atom. The van der Waals surface area contributed by atoms with E-state index in [1.807, 2.05) is 13.8 Å². The Balaban J connectivity index is 4.17. The van der Waals surface area contributed by atoms with Gasteiger partial charge in [-0.05, 0) is 12.3 Å². The number of carboxylic acid groups (broad SMARTS) is 1. The zero-order valence-electron chi connectivity index (χ0n) is 9.19. The third-order valence-electron chi connectivity index (χ3n) is 1.90. The molecule has 0 saturated heterocycles. The van der Waals surface area contributed by atoms with Crippen molar-refractivity contribution in [2.24, 2.45) is 5.92 Å². The van der Waals surface area contributed by atoms with Crippen LogP contribution in [0.5, 0.6) is 0 Å². The Kier molecular flexibility index (Phi) is 6.19. The first-order chi connectivity index (χ1) is 6.97. The Hall–Kier alpha value is -1.50. The lowest BCUT2D eigenvalue weighted by Crippen LogP contribution is -2.35. The summed E-state index contributed by atoms with van der Waals surface area (Å²) < 4.78 is 0. The van der Waals surface area contributed by atoms with E-state index in [1.54, 1.807) is 0 Å². The number of hydrogen-bond donors (Lipinski definition) is 1. The van der Waals surface area contributed by atoms with Gasteiger partial charge in [-0.15, -0.1) is 6.42 Å². The number of carbonyl (C=O) groups excluding carboxylic acids is 1. The molecule has 15 heavy (non-hydrogen) atoms. The summed E-state index contributed by atoms with van der Waals surface area (Å²) in [6.07, 6.45) is 6.17. The third kappa shape index (κ3) is 6.55. The molecular formula is C11H17NO3. The van der Waals surface area contributed by atoms with Crippen LogP contribution in [0, 0.1) is 18.3 Å². The van der Waals surface area contributed by atoms with Crippen molar-refractivity contribution in [2.75, 3.05) is 13.1 Å². The van der Waals surface area contributed by atoms with Gasteiger partial charge < -0.3 is 10.0 Å². The maximum atomic E-state index is 11.5. The lowest BCUT2D eigenvalue weighted by molar-refractivity contribution is -0.144. The predicted molar refractivity (Wildman–Crippen MR) is 57.1 cm³/mol. The summed E-state index contributed by atoms with van der Waals surface area (Å²) in [6, 6.07) is 0. The third-order valence-corrected chi connectivity index (χ3v) is 1.90. The average molecular weight is 211 g/mol. The number of hydrogen-bond acceptors (Lipinski definition) is 2. The van der Waals surface area contributed by atoms with Gasteiger partial charge in [-0.1, -0.05) is 19.8 Å². The number of amides is 1. The molecule has 0 saturated carbocycles. The Bertz CT molecular complexity index is 265. The summed E-state index contributed by atoms with van der Waals surface area (Å²) in [4.78, 5) is 23.2. The van der Waals surface area contributed by atoms with Crippen LogP contribution in [-0.4, -0.2) is 35.0 Å². The number of carboxylic acids is 1. The topological polar surface area (TPSA) is 57.6 Å². The van der Waals surface area contributed by atoms with Crippen molar-refractivity contribution in [1.29, 1.82) is 0 Å². The first-order valence-corrected chi connectivity index (χ1v) is 4.90. The minimum Gasteiger partial charge on any atom is -0.480 e. The molecule has 84 valence electrons. The predicted octanol–water partition coefficient (Wildman–Crippen LogP) is 0.969. The van der Waals surface area contributed by atoms with Crippen molar-refractivity contribution < 1.29 is 14.7 Å². The molecular weight excluding hydrogens is 194 g/mol. The lowest BCUT2D eigenvalue weighted by atomic mass is 10.1. The van der Waals surface area contributed by atoms with E-state index in [-0.39, 0.29) is 19.0 Å². The molecule has 0 unspecified atom stereocenters. The van der Waals surface area contributed by atoms with Gasteiger partial charge in [0, 0.05) is 6.42 Å². The van der Waals surface area contributed by atoms with Gasteiger partial charge in [-0.2, -0.15) is 0 Å². The highest BCUT2D eigenvalue weighted by molar-refractivity contribution is 5.81. The molecule has 0 spiro atoms. The minimum absolute atomic E-state index is 0.0588. The summed E-state index contributed by atoms with van der Waals surface area (Å²) in [5, 5.41) is 8.57. The highest BCUT2D eigenvalue weighted by Gasteiger charge is 2.15. The number of aliphatic carboxylic acids is 1. The summed E-state index contributed by atoms with van der Waals surface area (Å²) >= 11 is 0. The SMILES string of the molecule is C#CCN(CC(=O)O)C(=O)CCC(C)C. The zero-order chi connectivity index (χ0) is 11.8. The van der Waals surface area contributed by atoms with E-state index >= 15 is 0 Å². The van der Waals surface area contributed by atoms with E-state index in [0.717, 1.165) is 6.42 Å². The van der Waals surface area contributed by atoms with Gasteiger partial charge in [-0.3, -0.25) is 9.59 Å². The smallest absolute Gasteiger partial charge is 0.323 e. The van der Waals surface area contributed by atoms with E-state index in [9.17, 15) is 9.59 Å². The van der Waals surface area contributed by atoms with Gasteiger partial charge in [0.15, 0.2) is 0 Å². The number of rotatable bonds is 6. The second-order valence-electron chi connectivity index (χ2n) is 3.78. The van der Waals surface area contributed by atoms with Crippen LogP contribution >= 0.6 is 0 Å². The van der Waals surface area contributed by atoms with Gasteiger partial charge >= 0.3 is 5.97 Å². The largest absolute Gasteiger partial charge is 0.480 e. The van der Waals surface area contributed by atoms with Crippen molar-refractivity contribution in [1.82, 2.24) is 4.90 Å². The molecule has 0 atom stereocenters. The molecule has 0 aromatic rings. The molecule has 1 amide bonds. The molecule has 0 aliphatic rings. The first kappa shape index (κ1) is 13.5. The molecule has 0 fully saturated rings. The van der Waals surface area contributed by atoms with Crippen LogP contribution in [0.1, 0.15) is 26.7 Å². The second-order valence-corrected chi connectivity index (χ2v) is 3.78. The molecule has 0 radical (unpaired) electrons. The maximum absolute atomic E-state index is 11.5. The molecule has 0 aliphatic carbocycles. The van der Waals surface area contributed by atoms with Crippen molar-refractivity contribution in [3.8, 4) is 12.3 Å². The van der Waals surface area contributed by atoms with Gasteiger partial charge in [0.25, 0.3) is 0 Å². The fraction of sp³-hybridized carbons (Fsp3) is 0.636. The second kappa shape index (κ2) is 6.88. The van der Waals surface area contributed by atoms with Crippen LogP contribution < -0.4 is 0 Å². The van der Waals surface area contributed by atoms with Gasteiger partial charge in [0.2, 0.25) is 5.91 Å². The van der Waals surface area contributed by atoms with E-state index < -0.39 is 5.97 Å². The fourth-order valence-electron chi connectivity index (χ4n) is 1.08. The highest BCUT2D eigenvalue weighted by Crippen LogP contribution is 2.06. The summed E-state index contributed by atoms with van der Waals surface area (Å²) in [7, 11) is 0. The van der Waals surface area contributed by atoms with Crippen LogP contribution in [0.3, 0.4) is 0 Å². The van der Waals surface area contributed by atoms with Crippen molar-refractivity contribution >= 4 is 11.9 Å². The summed E-state index contributed by atoms with van der Waals surface area (Å²) in [5.41, 5.74) is 0. The van der Waals surface area contributed by atoms with E-state index in [1.165, 1.54) is 4.90 Å². The van der Waals surface area contributed by atoms with Crippen LogP contribution in [0.25, 0.3) is 0 Å². The molecule has 0 aromatic carbocycles. The van der Waals surface area contributed by atoms with Crippen molar-refractivity contribution in [3.63, 3.8) is 0 Å². The molecule has 4 nitrogen and oxygen atoms in total. The Morgan fingerprint density at radius 1 is 1.47 bits per heavy atom. The van der Waals surface area contributed by atoms with Crippen LogP contribution in [0.2, 0.25) is 0 Å². The molecule has 4 heteroatoms. The average Bonchev–Trinajstić information content (AvgIpc) is 2.12. The van der Waals surface area contributed by atoms with Gasteiger partial charge in [-0.25, -0.2) is 0 Å². The fourth-order valence-corrected chi connectivity index (χ4v) is 1.08. The van der Waals surface area contributed by atoms with Crippen molar-refractivity contribution in [2.45, 2.75) is 26.7 Å².